The summed E-state index contributed by atoms with van der Waals surface area (Å²) in [6, 6.07) is 16.3. The van der Waals surface area contributed by atoms with Gasteiger partial charge in [-0.25, -0.2) is 19.6 Å². The van der Waals surface area contributed by atoms with Gasteiger partial charge in [0, 0.05) is 36.7 Å². The molecule has 15 heteroatoms. The highest BCUT2D eigenvalue weighted by Gasteiger charge is 2.40. The third-order valence-corrected chi connectivity index (χ3v) is 14.4. The number of alkyl carbamates (subject to hydrolysis) is 2. The van der Waals surface area contributed by atoms with Crippen molar-refractivity contribution in [2.75, 3.05) is 32.2 Å². The minimum Gasteiger partial charge on any atom is -0.453 e. The molecule has 3 aliphatic heterocycles. The number of ether oxygens (including phenoxy) is 2. The number of aromatic amines is 2. The molecule has 0 bridgehead atoms. The Hall–Kier alpha value is -6.64. The number of imidazole rings is 2. The molecular weight excluding hydrogens is 871 g/mol. The van der Waals surface area contributed by atoms with Crippen LogP contribution in [-0.4, -0.2) is 99.2 Å². The van der Waals surface area contributed by atoms with E-state index in [0.29, 0.717) is 30.5 Å². The lowest BCUT2D eigenvalue weighted by Crippen LogP contribution is -2.51. The number of likely N-dealkylation sites (tertiary alicyclic amines) is 2. The van der Waals surface area contributed by atoms with E-state index < -0.39 is 24.3 Å². The summed E-state index contributed by atoms with van der Waals surface area (Å²) in [5.41, 5.74) is 8.27. The molecule has 1 saturated carbocycles. The lowest BCUT2D eigenvalue weighted by atomic mass is 10.0. The Labute approximate surface area is 406 Å². The molecule has 4 amide bonds. The highest BCUT2D eigenvalue weighted by molar-refractivity contribution is 5.87. The van der Waals surface area contributed by atoms with Crippen molar-refractivity contribution >= 4 is 35.3 Å². The summed E-state index contributed by atoms with van der Waals surface area (Å²) in [5, 5.41) is 5.45. The minimum absolute atomic E-state index is 0.111. The maximum absolute atomic E-state index is 13.8. The number of amides is 4. The molecule has 1 aliphatic carbocycles. The Morgan fingerprint density at radius 1 is 0.696 bits per heavy atom. The molecule has 8 rings (SSSR count). The molecule has 3 saturated heterocycles. The summed E-state index contributed by atoms with van der Waals surface area (Å²) in [6.07, 6.45) is 16.6. The van der Waals surface area contributed by atoms with Crippen molar-refractivity contribution in [2.45, 2.75) is 128 Å². The van der Waals surface area contributed by atoms with Gasteiger partial charge in [-0.05, 0) is 110 Å². The molecule has 4 aliphatic rings. The maximum atomic E-state index is 13.8. The van der Waals surface area contributed by atoms with Crippen molar-refractivity contribution in [1.29, 1.82) is 0 Å². The van der Waals surface area contributed by atoms with E-state index in [0.717, 1.165) is 61.2 Å². The topological polar surface area (TPSA) is 178 Å². The van der Waals surface area contributed by atoms with Crippen molar-refractivity contribution in [3.8, 4) is 11.3 Å². The van der Waals surface area contributed by atoms with Crippen LogP contribution < -0.4 is 15.5 Å². The third-order valence-electron chi connectivity index (χ3n) is 14.4. The molecule has 366 valence electrons. The van der Waals surface area contributed by atoms with E-state index in [9.17, 15) is 19.2 Å². The molecule has 4 fully saturated rings. The number of aromatic nitrogens is 4. The van der Waals surface area contributed by atoms with Gasteiger partial charge in [-0.3, -0.25) is 9.59 Å². The molecule has 5 heterocycles. The molecule has 4 aromatic rings. The monoisotopic (exact) mass is 940 g/mol. The van der Waals surface area contributed by atoms with Crippen molar-refractivity contribution in [3.05, 3.63) is 120 Å². The van der Waals surface area contributed by atoms with Gasteiger partial charge in [0.05, 0.1) is 49.8 Å². The quantitative estimate of drug-likeness (QED) is 0.0797. The van der Waals surface area contributed by atoms with E-state index in [-0.39, 0.29) is 47.8 Å². The second-order valence-corrected chi connectivity index (χ2v) is 19.6. The van der Waals surface area contributed by atoms with Crippen molar-refractivity contribution in [1.82, 2.24) is 40.4 Å². The second-order valence-electron chi connectivity index (χ2n) is 19.6. The number of benzene rings is 2. The molecule has 2 aromatic carbocycles. The van der Waals surface area contributed by atoms with Crippen LogP contribution >= 0.6 is 0 Å². The predicted octanol–water partition coefficient (Wildman–Crippen LogP) is 9.69. The zero-order valence-corrected chi connectivity index (χ0v) is 41.2. The Balaban J connectivity index is 0.978. The normalized spacial score (nSPS) is 21.6. The number of H-pyrrole nitrogens is 2. The lowest BCUT2D eigenvalue weighted by Gasteiger charge is -2.34. The Bertz CT molecular complexity index is 2540. The zero-order chi connectivity index (χ0) is 48.9. The summed E-state index contributed by atoms with van der Waals surface area (Å²) in [4.78, 5) is 74.6. The number of methoxy groups -OCH3 is 2. The van der Waals surface area contributed by atoms with Gasteiger partial charge >= 0.3 is 12.2 Å². The molecule has 69 heavy (non-hydrogen) atoms. The molecule has 4 N–H and O–H groups in total. The van der Waals surface area contributed by atoms with E-state index in [1.54, 1.807) is 0 Å². The number of hydrogen-bond acceptors (Lipinski definition) is 9. The molecule has 2 aromatic heterocycles. The number of hydrogen-bond donors (Lipinski definition) is 4. The molecule has 15 nitrogen and oxygen atoms in total. The lowest BCUT2D eigenvalue weighted by molar-refractivity contribution is -0.136. The fraction of sp³-hybridized carbons (Fsp3) is 0.481. The Morgan fingerprint density at radius 3 is 1.78 bits per heavy atom. The smallest absolute Gasteiger partial charge is 0.407 e. The van der Waals surface area contributed by atoms with Gasteiger partial charge < -0.3 is 44.8 Å². The third kappa shape index (κ3) is 10.7. The van der Waals surface area contributed by atoms with Crippen molar-refractivity contribution in [3.63, 3.8) is 0 Å². The van der Waals surface area contributed by atoms with Crippen LogP contribution in [0.1, 0.15) is 138 Å². The first kappa shape index (κ1) is 48.8. The van der Waals surface area contributed by atoms with Gasteiger partial charge in [0.15, 0.2) is 0 Å². The van der Waals surface area contributed by atoms with Crippen LogP contribution in [0.3, 0.4) is 0 Å². The van der Waals surface area contributed by atoms with Crippen LogP contribution in [0.15, 0.2) is 91.3 Å². The van der Waals surface area contributed by atoms with Crippen LogP contribution in [0.25, 0.3) is 16.8 Å². The number of rotatable bonds is 16. The predicted molar refractivity (Wildman–Crippen MR) is 267 cm³/mol. The molecule has 0 radical (unpaired) electrons. The Kier molecular flexibility index (Phi) is 15.1. The summed E-state index contributed by atoms with van der Waals surface area (Å²) >= 11 is 0. The van der Waals surface area contributed by atoms with Crippen LogP contribution in [0.4, 0.5) is 15.3 Å². The molecule has 0 spiro atoms. The van der Waals surface area contributed by atoms with Crippen LogP contribution in [0.5, 0.6) is 0 Å². The van der Waals surface area contributed by atoms with Crippen LogP contribution in [0.2, 0.25) is 0 Å². The van der Waals surface area contributed by atoms with Gasteiger partial charge in [-0.15, -0.1) is 0 Å². The summed E-state index contributed by atoms with van der Waals surface area (Å²) in [6.45, 7) is 15.3. The number of carbonyl (C=O) groups is 4. The van der Waals surface area contributed by atoms with E-state index in [4.69, 9.17) is 19.4 Å². The van der Waals surface area contributed by atoms with E-state index in [1.807, 2.05) is 56.0 Å². The number of nitrogens with zero attached hydrogens (tertiary/aromatic N) is 5. The molecular formula is C54H69N9O6. The van der Waals surface area contributed by atoms with Gasteiger partial charge in [0.2, 0.25) is 11.8 Å². The first-order valence-corrected chi connectivity index (χ1v) is 24.7. The van der Waals surface area contributed by atoms with E-state index in [2.05, 4.69) is 99.7 Å². The van der Waals surface area contributed by atoms with Crippen molar-refractivity contribution < 1.29 is 28.7 Å². The second kappa shape index (κ2) is 21.3. The van der Waals surface area contributed by atoms with E-state index in [1.165, 1.54) is 49.4 Å². The standard InChI is InChI=1S/C54H69N9O6/c1-9-35(15-14-34(6)41-30-55-49(57-41)45-12-10-28-61(45)51(64)47(32(2)3)59-53(66)68-7)43-26-27-44(63(43)40-24-22-37(23-25-40)36-16-17-36)39-20-18-38(19-21-39)42-31-56-50(58-42)46-13-11-29-62(46)52(65)48(33(4)5)60-54(67)69-8/h9,14-15,18-25,30-33,36,43-48H,6,10-13,16-17,26-29H2,1-5,7-8H3,(H,55,57)(H,56,58)(H,59,66)(H,60,67)/b15-14-,35-9+/t43-,44-,45+,46+,47+,48+/m1/s1. The fourth-order valence-corrected chi connectivity index (χ4v) is 10.4. The highest BCUT2D eigenvalue weighted by Crippen LogP contribution is 2.45. The van der Waals surface area contributed by atoms with Gasteiger partial charge in [0.25, 0.3) is 0 Å². The van der Waals surface area contributed by atoms with Crippen LogP contribution in [-0.2, 0) is 19.1 Å². The largest absolute Gasteiger partial charge is 0.453 e. The summed E-state index contributed by atoms with van der Waals surface area (Å²) in [7, 11) is 2.60. The summed E-state index contributed by atoms with van der Waals surface area (Å²) < 4.78 is 9.62. The SMILES string of the molecule is C=C(/C=C\C(=C/C)[C@H]1CC[C@H](c2ccc(-c3c[nH]c([C@@H]4CCCN4C(=O)[C@@H](NC(=O)OC)C(C)C)n3)cc2)N1c1ccc(C2CC2)cc1)c1c[nH]c([C@@H]2CCCN2C(=O)[C@@H](NC(=O)OC)C(C)C)n1. The fourth-order valence-electron chi connectivity index (χ4n) is 10.4. The number of carbonyl (C=O) groups excluding carboxylic acids is 4. The number of nitrogens with one attached hydrogen (secondary N) is 4. The maximum Gasteiger partial charge on any atom is 0.407 e. The van der Waals surface area contributed by atoms with Crippen LogP contribution in [0, 0.1) is 11.8 Å². The first-order chi connectivity index (χ1) is 33.3. The molecule has 0 unspecified atom stereocenters. The van der Waals surface area contributed by atoms with Gasteiger partial charge in [-0.1, -0.05) is 88.9 Å². The molecule has 6 atom stereocenters. The first-order valence-electron chi connectivity index (χ1n) is 24.7. The summed E-state index contributed by atoms with van der Waals surface area (Å²) in [5.74, 6) is 1.59. The highest BCUT2D eigenvalue weighted by atomic mass is 16.5. The Morgan fingerprint density at radius 2 is 1.25 bits per heavy atom. The zero-order valence-electron chi connectivity index (χ0n) is 41.2. The number of anilines is 1. The number of allylic oxidation sites excluding steroid dienone is 3. The average molecular weight is 940 g/mol. The average Bonchev–Trinajstić information content (AvgIpc) is 3.97. The van der Waals surface area contributed by atoms with Gasteiger partial charge in [-0.2, -0.15) is 0 Å². The minimum atomic E-state index is -0.705. The van der Waals surface area contributed by atoms with E-state index >= 15 is 0 Å². The van der Waals surface area contributed by atoms with Gasteiger partial charge in [0.1, 0.15) is 23.7 Å². The van der Waals surface area contributed by atoms with Crippen molar-refractivity contribution in [2.24, 2.45) is 11.8 Å².